The number of hydrogen-bond acceptors (Lipinski definition) is 6. The molecule has 1 fully saturated rings. The minimum absolute atomic E-state index is 0.0324. The van der Waals surface area contributed by atoms with Crippen molar-refractivity contribution in [2.75, 3.05) is 12.0 Å². The van der Waals surface area contributed by atoms with Crippen molar-refractivity contribution in [2.24, 2.45) is 0 Å². The average molecular weight is 623 g/mol. The Balaban J connectivity index is 1.64. The number of nitrogens with zero attached hydrogens (tertiary/aromatic N) is 2. The first-order valence-electron chi connectivity index (χ1n) is 11.3. The number of nitrogens with one attached hydrogen (secondary N) is 1. The fraction of sp³-hybridized carbons (Fsp3) is 0.143. The van der Waals surface area contributed by atoms with Crippen molar-refractivity contribution in [3.63, 3.8) is 0 Å². The second-order valence-electron chi connectivity index (χ2n) is 8.07. The summed E-state index contributed by atoms with van der Waals surface area (Å²) in [4.78, 5) is 27.4. The van der Waals surface area contributed by atoms with Gasteiger partial charge in [0.15, 0.2) is 16.6 Å². The summed E-state index contributed by atoms with van der Waals surface area (Å²) in [7, 11) is 1.51. The first-order valence-corrected chi connectivity index (χ1v) is 12.8. The molecular formula is C28H22IN3O4S. The van der Waals surface area contributed by atoms with Crippen molar-refractivity contribution in [3.05, 3.63) is 92.1 Å². The monoisotopic (exact) mass is 623 g/mol. The molecule has 37 heavy (non-hydrogen) atoms. The molecule has 1 aliphatic heterocycles. The van der Waals surface area contributed by atoms with Gasteiger partial charge in [-0.15, -0.1) is 0 Å². The Hall–Kier alpha value is -3.75. The Bertz CT molecular complexity index is 1460. The van der Waals surface area contributed by atoms with E-state index in [4.69, 9.17) is 21.7 Å². The molecule has 9 heteroatoms. The molecule has 1 heterocycles. The van der Waals surface area contributed by atoms with Crippen LogP contribution in [0.4, 0.5) is 5.69 Å². The number of carbonyl (C=O) groups is 2. The van der Waals surface area contributed by atoms with Crippen LogP contribution in [0.5, 0.6) is 11.5 Å². The maximum absolute atomic E-state index is 13.4. The molecule has 0 bridgehead atoms. The second kappa shape index (κ2) is 11.5. The summed E-state index contributed by atoms with van der Waals surface area (Å²) in [5, 5.41) is 12.0. The van der Waals surface area contributed by atoms with Crippen molar-refractivity contribution in [3.8, 4) is 17.6 Å². The average Bonchev–Trinajstić information content (AvgIpc) is 2.90. The first-order chi connectivity index (χ1) is 17.9. The lowest BCUT2D eigenvalue weighted by molar-refractivity contribution is -0.122. The normalized spacial score (nSPS) is 14.4. The summed E-state index contributed by atoms with van der Waals surface area (Å²) in [6.45, 7) is 2.23. The Kier molecular flexibility index (Phi) is 8.21. The number of aryl methyl sites for hydroxylation is 1. The van der Waals surface area contributed by atoms with Crippen LogP contribution in [-0.2, 0) is 22.6 Å². The van der Waals surface area contributed by atoms with Crippen LogP contribution in [0.1, 0.15) is 29.2 Å². The van der Waals surface area contributed by atoms with Gasteiger partial charge < -0.3 is 9.47 Å². The fourth-order valence-corrected chi connectivity index (χ4v) is 4.87. The smallest absolute Gasteiger partial charge is 0.270 e. The summed E-state index contributed by atoms with van der Waals surface area (Å²) in [5.41, 5.74) is 3.51. The number of nitriles is 1. The lowest BCUT2D eigenvalue weighted by atomic mass is 10.1. The van der Waals surface area contributed by atoms with E-state index in [2.05, 4.69) is 34.0 Å². The Labute approximate surface area is 233 Å². The van der Waals surface area contributed by atoms with Crippen LogP contribution in [0.3, 0.4) is 0 Å². The molecule has 1 saturated heterocycles. The molecule has 4 rings (SSSR count). The van der Waals surface area contributed by atoms with Gasteiger partial charge in [0.05, 0.1) is 28.0 Å². The third kappa shape index (κ3) is 5.65. The molecule has 0 saturated carbocycles. The van der Waals surface area contributed by atoms with Crippen molar-refractivity contribution in [1.82, 2.24) is 5.32 Å². The van der Waals surface area contributed by atoms with Crippen LogP contribution in [-0.4, -0.2) is 24.0 Å². The van der Waals surface area contributed by atoms with Crippen LogP contribution in [0.15, 0.2) is 66.2 Å². The van der Waals surface area contributed by atoms with Gasteiger partial charge in [-0.2, -0.15) is 5.26 Å². The fourth-order valence-electron chi connectivity index (χ4n) is 3.81. The van der Waals surface area contributed by atoms with Gasteiger partial charge in [-0.05, 0) is 88.8 Å². The highest BCUT2D eigenvalue weighted by atomic mass is 127. The molecule has 3 aromatic carbocycles. The van der Waals surface area contributed by atoms with E-state index in [9.17, 15) is 14.9 Å². The molecular weight excluding hydrogens is 601 g/mol. The molecule has 0 aromatic heterocycles. The number of hydrogen-bond donors (Lipinski definition) is 1. The van der Waals surface area contributed by atoms with Gasteiger partial charge in [0.1, 0.15) is 12.2 Å². The number of ether oxygens (including phenoxy) is 2. The largest absolute Gasteiger partial charge is 0.493 e. The third-order valence-corrected chi connectivity index (χ3v) is 6.86. The van der Waals surface area contributed by atoms with Gasteiger partial charge in [-0.1, -0.05) is 37.3 Å². The minimum atomic E-state index is -0.571. The van der Waals surface area contributed by atoms with E-state index in [-0.39, 0.29) is 17.3 Å². The molecule has 0 atom stereocenters. The van der Waals surface area contributed by atoms with Gasteiger partial charge >= 0.3 is 0 Å². The predicted octanol–water partition coefficient (Wildman–Crippen LogP) is 5.14. The van der Waals surface area contributed by atoms with E-state index < -0.39 is 11.8 Å². The number of anilines is 1. The molecule has 0 spiro atoms. The highest BCUT2D eigenvalue weighted by molar-refractivity contribution is 14.1. The van der Waals surface area contributed by atoms with E-state index in [1.54, 1.807) is 36.4 Å². The number of benzene rings is 3. The molecule has 1 aliphatic rings. The van der Waals surface area contributed by atoms with Crippen molar-refractivity contribution < 1.29 is 19.1 Å². The second-order valence-corrected chi connectivity index (χ2v) is 9.62. The summed E-state index contributed by atoms with van der Waals surface area (Å²) < 4.78 is 12.3. The molecule has 3 aromatic rings. The lowest BCUT2D eigenvalue weighted by Gasteiger charge is -2.29. The third-order valence-electron chi connectivity index (χ3n) is 5.78. The molecule has 186 valence electrons. The summed E-state index contributed by atoms with van der Waals surface area (Å²) in [5.74, 6) is -0.158. The van der Waals surface area contributed by atoms with E-state index in [0.29, 0.717) is 31.9 Å². The molecule has 0 aliphatic carbocycles. The van der Waals surface area contributed by atoms with Crippen LogP contribution in [0.2, 0.25) is 0 Å². The standard InChI is InChI=1S/C28H22IN3O4S/c1-3-17-8-10-21(11-9-17)32-27(34)22(26(33)31-28(32)37)12-18-13-23(29)25(24(14-18)35-2)36-16-20-7-5-4-6-19(20)15-30/h4-14H,3,16H2,1-2H3,(H,31,33,37)/b22-12+. The maximum Gasteiger partial charge on any atom is 0.270 e. The van der Waals surface area contributed by atoms with Crippen LogP contribution in [0.25, 0.3) is 6.08 Å². The number of rotatable bonds is 7. The summed E-state index contributed by atoms with van der Waals surface area (Å²) >= 11 is 7.40. The molecule has 1 N–H and O–H groups in total. The van der Waals surface area contributed by atoms with E-state index >= 15 is 0 Å². The highest BCUT2D eigenvalue weighted by Crippen LogP contribution is 2.36. The number of methoxy groups -OCH3 is 1. The lowest BCUT2D eigenvalue weighted by Crippen LogP contribution is -2.54. The molecule has 2 amide bonds. The predicted molar refractivity (Wildman–Crippen MR) is 153 cm³/mol. The number of thiocarbonyl (C=S) groups is 1. The van der Waals surface area contributed by atoms with E-state index in [0.717, 1.165) is 17.5 Å². The summed E-state index contributed by atoms with van der Waals surface area (Å²) in [6, 6.07) is 20.3. The van der Waals surface area contributed by atoms with Gasteiger partial charge in [-0.3, -0.25) is 19.8 Å². The van der Waals surface area contributed by atoms with E-state index in [1.807, 2.05) is 31.2 Å². The van der Waals surface area contributed by atoms with Gasteiger partial charge in [0.25, 0.3) is 11.8 Å². The Morgan fingerprint density at radius 1 is 1.14 bits per heavy atom. The Morgan fingerprint density at radius 2 is 1.86 bits per heavy atom. The number of amides is 2. The van der Waals surface area contributed by atoms with Crippen molar-refractivity contribution in [1.29, 1.82) is 5.26 Å². The first kappa shape index (κ1) is 26.3. The highest BCUT2D eigenvalue weighted by Gasteiger charge is 2.34. The summed E-state index contributed by atoms with van der Waals surface area (Å²) in [6.07, 6.45) is 2.37. The SMILES string of the molecule is CCc1ccc(N2C(=O)/C(=C/c3cc(I)c(OCc4ccccc4C#N)c(OC)c3)C(=O)NC2=S)cc1. The minimum Gasteiger partial charge on any atom is -0.493 e. The number of halogens is 1. The van der Waals surface area contributed by atoms with Crippen molar-refractivity contribution in [2.45, 2.75) is 20.0 Å². The zero-order valence-electron chi connectivity index (χ0n) is 20.1. The zero-order valence-corrected chi connectivity index (χ0v) is 23.1. The van der Waals surface area contributed by atoms with Gasteiger partial charge in [0, 0.05) is 5.56 Å². The topological polar surface area (TPSA) is 91.7 Å². The van der Waals surface area contributed by atoms with Crippen LogP contribution < -0.4 is 19.7 Å². The quantitative estimate of drug-likeness (QED) is 0.170. The zero-order chi connectivity index (χ0) is 26.5. The van der Waals surface area contributed by atoms with Crippen LogP contribution in [0, 0.1) is 14.9 Å². The van der Waals surface area contributed by atoms with E-state index in [1.165, 1.54) is 18.1 Å². The molecule has 0 unspecified atom stereocenters. The van der Waals surface area contributed by atoms with Gasteiger partial charge in [-0.25, -0.2) is 0 Å². The maximum atomic E-state index is 13.4. The number of carbonyl (C=O) groups excluding carboxylic acids is 2. The van der Waals surface area contributed by atoms with Gasteiger partial charge in [0.2, 0.25) is 0 Å². The molecule has 7 nitrogen and oxygen atoms in total. The Morgan fingerprint density at radius 3 is 2.54 bits per heavy atom. The van der Waals surface area contributed by atoms with Crippen LogP contribution >= 0.6 is 34.8 Å². The van der Waals surface area contributed by atoms with Crippen molar-refractivity contribution >= 4 is 63.5 Å². The molecule has 0 radical (unpaired) electrons.